The van der Waals surface area contributed by atoms with E-state index in [1.807, 2.05) is 0 Å². The van der Waals surface area contributed by atoms with E-state index in [1.165, 1.54) is 10.9 Å². The summed E-state index contributed by atoms with van der Waals surface area (Å²) in [4.78, 5) is 10.7. The highest BCUT2D eigenvalue weighted by atomic mass is 16.1. The maximum Gasteiger partial charge on any atom is 0.239 e. The Morgan fingerprint density at radius 3 is 3.20 bits per heavy atom. The first-order chi connectivity index (χ1) is 4.83. The van der Waals surface area contributed by atoms with Crippen molar-refractivity contribution in [2.24, 2.45) is 0 Å². The highest BCUT2D eigenvalue weighted by Gasteiger charge is 1.97. The summed E-state index contributed by atoms with van der Waals surface area (Å²) in [5.41, 5.74) is 0. The molecule has 0 fully saturated rings. The number of likely N-dealkylation sites (N-methyl/N-ethyl adjacent to an activating group) is 1. The van der Waals surface area contributed by atoms with Gasteiger partial charge >= 0.3 is 0 Å². The lowest BCUT2D eigenvalue weighted by atomic mass is 10.6. The zero-order chi connectivity index (χ0) is 7.40. The number of nitrogens with zero attached hydrogens (tertiary/aromatic N) is 3. The molecular formula is C5H7N4O. The van der Waals surface area contributed by atoms with Gasteiger partial charge in [0.2, 0.25) is 12.2 Å². The monoisotopic (exact) mass is 139 g/mol. The molecule has 5 nitrogen and oxygen atoms in total. The van der Waals surface area contributed by atoms with Crippen molar-refractivity contribution in [3.63, 3.8) is 0 Å². The predicted octanol–water partition coefficient (Wildman–Crippen LogP) is -1.18. The molecule has 0 atom stereocenters. The Hall–Kier alpha value is -1.39. The first-order valence-corrected chi connectivity index (χ1v) is 2.79. The number of rotatable bonds is 2. The van der Waals surface area contributed by atoms with E-state index in [4.69, 9.17) is 0 Å². The molecule has 0 spiro atoms. The summed E-state index contributed by atoms with van der Waals surface area (Å²) in [6, 6.07) is 0. The number of nitrogens with one attached hydrogen (secondary N) is 1. The molecule has 1 heterocycles. The van der Waals surface area contributed by atoms with Gasteiger partial charge in [-0.25, -0.2) is 0 Å². The predicted molar refractivity (Wildman–Crippen MR) is 32.9 cm³/mol. The molecular weight excluding hydrogens is 132 g/mol. The molecule has 0 aliphatic carbocycles. The molecule has 0 saturated carbocycles. The number of aromatic nitrogens is 3. The number of amides is 1. The van der Waals surface area contributed by atoms with Gasteiger partial charge in [-0.05, 0) is 0 Å². The van der Waals surface area contributed by atoms with E-state index in [9.17, 15) is 4.79 Å². The minimum Gasteiger partial charge on any atom is -0.358 e. The number of hydrogen-bond donors (Lipinski definition) is 1. The van der Waals surface area contributed by atoms with E-state index in [1.54, 1.807) is 7.05 Å². The van der Waals surface area contributed by atoms with Gasteiger partial charge in [-0.1, -0.05) is 0 Å². The number of hydrogen-bond acceptors (Lipinski definition) is 3. The Morgan fingerprint density at radius 2 is 2.70 bits per heavy atom. The molecule has 0 saturated heterocycles. The van der Waals surface area contributed by atoms with Gasteiger partial charge in [-0.2, -0.15) is 0 Å². The second-order valence-corrected chi connectivity index (χ2v) is 1.73. The van der Waals surface area contributed by atoms with E-state index in [0.717, 1.165) is 0 Å². The fourth-order valence-corrected chi connectivity index (χ4v) is 0.507. The third-order valence-electron chi connectivity index (χ3n) is 1.01. The van der Waals surface area contributed by atoms with Gasteiger partial charge in [-0.3, -0.25) is 4.79 Å². The first-order valence-electron chi connectivity index (χ1n) is 2.79. The van der Waals surface area contributed by atoms with E-state index in [0.29, 0.717) is 0 Å². The van der Waals surface area contributed by atoms with E-state index >= 15 is 0 Å². The summed E-state index contributed by atoms with van der Waals surface area (Å²) in [5, 5.41) is 9.37. The molecule has 5 heteroatoms. The Kier molecular flexibility index (Phi) is 1.99. The van der Waals surface area contributed by atoms with E-state index < -0.39 is 0 Å². The van der Waals surface area contributed by atoms with Crippen LogP contribution in [0.2, 0.25) is 0 Å². The van der Waals surface area contributed by atoms with Crippen LogP contribution in [-0.2, 0) is 11.3 Å². The van der Waals surface area contributed by atoms with Crippen LogP contribution < -0.4 is 5.32 Å². The van der Waals surface area contributed by atoms with Crippen LogP contribution in [0.25, 0.3) is 0 Å². The van der Waals surface area contributed by atoms with Crippen LogP contribution >= 0.6 is 0 Å². The molecule has 0 aromatic carbocycles. The number of carbonyl (C=O) groups excluding carboxylic acids is 1. The molecule has 1 N–H and O–H groups in total. The molecule has 1 amide bonds. The molecule has 1 radical (unpaired) electrons. The fourth-order valence-electron chi connectivity index (χ4n) is 0.507. The molecule has 0 unspecified atom stereocenters. The van der Waals surface area contributed by atoms with Gasteiger partial charge in [0.05, 0.1) is 0 Å². The maximum absolute atomic E-state index is 10.7. The average Bonchev–Trinajstić information content (AvgIpc) is 2.40. The second-order valence-electron chi connectivity index (χ2n) is 1.73. The highest BCUT2D eigenvalue weighted by Crippen LogP contribution is 1.79. The van der Waals surface area contributed by atoms with E-state index in [-0.39, 0.29) is 12.5 Å². The van der Waals surface area contributed by atoms with Crippen LogP contribution in [0.5, 0.6) is 0 Å². The molecule has 1 aromatic heterocycles. The largest absolute Gasteiger partial charge is 0.358 e. The zero-order valence-electron chi connectivity index (χ0n) is 5.53. The Morgan fingerprint density at radius 1 is 1.90 bits per heavy atom. The maximum atomic E-state index is 10.7. The Balaban J connectivity index is 2.48. The quantitative estimate of drug-likeness (QED) is 0.561. The lowest BCUT2D eigenvalue weighted by Gasteiger charge is -1.96. The van der Waals surface area contributed by atoms with Crippen molar-refractivity contribution < 1.29 is 4.79 Å². The van der Waals surface area contributed by atoms with Crippen LogP contribution in [0.3, 0.4) is 0 Å². The summed E-state index contributed by atoms with van der Waals surface area (Å²) in [6.45, 7) is 0.226. The summed E-state index contributed by atoms with van der Waals surface area (Å²) in [5.74, 6) is -0.0870. The Bertz CT molecular complexity index is 205. The van der Waals surface area contributed by atoms with E-state index in [2.05, 4.69) is 21.8 Å². The normalized spacial score (nSPS) is 9.30. The van der Waals surface area contributed by atoms with Gasteiger partial charge in [0, 0.05) is 7.05 Å². The molecule has 53 valence electrons. The summed E-state index contributed by atoms with van der Waals surface area (Å²) in [7, 11) is 1.58. The SMILES string of the molecule is CNC(=O)Cn1[c]nnc1. The summed E-state index contributed by atoms with van der Waals surface area (Å²) >= 11 is 0. The lowest BCUT2D eigenvalue weighted by Crippen LogP contribution is -2.22. The molecule has 0 aliphatic heterocycles. The second kappa shape index (κ2) is 2.95. The molecule has 0 bridgehead atoms. The van der Waals surface area contributed by atoms with Crippen molar-refractivity contribution in [3.05, 3.63) is 12.7 Å². The minimum atomic E-state index is -0.0870. The third kappa shape index (κ3) is 1.54. The first kappa shape index (κ1) is 6.73. The van der Waals surface area contributed by atoms with Crippen molar-refractivity contribution in [2.45, 2.75) is 6.54 Å². The van der Waals surface area contributed by atoms with Gasteiger partial charge in [0.1, 0.15) is 12.9 Å². The molecule has 1 rings (SSSR count). The average molecular weight is 139 g/mol. The van der Waals surface area contributed by atoms with Crippen LogP contribution in [0.15, 0.2) is 6.33 Å². The minimum absolute atomic E-state index is 0.0870. The standard InChI is InChI=1S/C5H7N4O/c1-6-5(10)2-9-3-7-8-4-9/h3H,2H2,1H3,(H,6,10). The van der Waals surface area contributed by atoms with Crippen molar-refractivity contribution >= 4 is 5.91 Å². The highest BCUT2D eigenvalue weighted by molar-refractivity contribution is 5.75. The van der Waals surface area contributed by atoms with Gasteiger partial charge in [0.15, 0.2) is 0 Å². The van der Waals surface area contributed by atoms with Gasteiger partial charge < -0.3 is 9.88 Å². The van der Waals surface area contributed by atoms with Gasteiger partial charge in [-0.15, -0.1) is 10.2 Å². The Labute approximate surface area is 58.1 Å². The zero-order valence-corrected chi connectivity index (χ0v) is 5.53. The van der Waals surface area contributed by atoms with Crippen LogP contribution in [-0.4, -0.2) is 27.7 Å². The van der Waals surface area contributed by atoms with Gasteiger partial charge in [0.25, 0.3) is 0 Å². The number of carbonyl (C=O) groups is 1. The lowest BCUT2D eigenvalue weighted by molar-refractivity contribution is -0.121. The topological polar surface area (TPSA) is 59.8 Å². The van der Waals surface area contributed by atoms with Crippen LogP contribution in [0, 0.1) is 6.33 Å². The fraction of sp³-hybridized carbons (Fsp3) is 0.400. The molecule has 0 aliphatic rings. The van der Waals surface area contributed by atoms with Crippen molar-refractivity contribution in [2.75, 3.05) is 7.05 Å². The van der Waals surface area contributed by atoms with Crippen molar-refractivity contribution in [3.8, 4) is 0 Å². The molecule has 1 aromatic rings. The van der Waals surface area contributed by atoms with Crippen molar-refractivity contribution in [1.82, 2.24) is 20.1 Å². The van der Waals surface area contributed by atoms with Crippen LogP contribution in [0.4, 0.5) is 0 Å². The van der Waals surface area contributed by atoms with Crippen LogP contribution in [0.1, 0.15) is 0 Å². The van der Waals surface area contributed by atoms with Crippen molar-refractivity contribution in [1.29, 1.82) is 0 Å². The molecule has 10 heavy (non-hydrogen) atoms. The third-order valence-corrected chi connectivity index (χ3v) is 1.01. The summed E-state index contributed by atoms with van der Waals surface area (Å²) < 4.78 is 1.47. The summed E-state index contributed by atoms with van der Waals surface area (Å²) in [6.07, 6.45) is 3.94. The smallest absolute Gasteiger partial charge is 0.239 e.